The third kappa shape index (κ3) is 3.31. The average Bonchev–Trinajstić information content (AvgIpc) is 2.73. The molecule has 0 bridgehead atoms. The van der Waals surface area contributed by atoms with E-state index >= 15 is 0 Å². The molecule has 2 rings (SSSR count). The molecule has 0 fully saturated rings. The second-order valence-electron chi connectivity index (χ2n) is 3.95. The van der Waals surface area contributed by atoms with Crippen molar-refractivity contribution in [3.8, 4) is 0 Å². The summed E-state index contributed by atoms with van der Waals surface area (Å²) in [6.07, 6.45) is 0. The number of anilines is 1. The van der Waals surface area contributed by atoms with Crippen molar-refractivity contribution in [2.24, 2.45) is 0 Å². The van der Waals surface area contributed by atoms with E-state index in [9.17, 15) is 0 Å². The highest BCUT2D eigenvalue weighted by Crippen LogP contribution is 2.21. The fourth-order valence-electron chi connectivity index (χ4n) is 1.61. The number of hydrogen-bond acceptors (Lipinski definition) is 3. The van der Waals surface area contributed by atoms with Crippen LogP contribution in [-0.4, -0.2) is 0 Å². The van der Waals surface area contributed by atoms with Gasteiger partial charge < -0.3 is 11.1 Å². The number of nitrogens with two attached hydrogens (primary N) is 1. The summed E-state index contributed by atoms with van der Waals surface area (Å²) in [5.41, 5.74) is 8.01. The molecular formula is C13H15BrN2S. The molecule has 2 aromatic rings. The van der Waals surface area contributed by atoms with Crippen molar-refractivity contribution >= 4 is 33.0 Å². The van der Waals surface area contributed by atoms with Crippen LogP contribution in [0.5, 0.6) is 0 Å². The Labute approximate surface area is 114 Å². The second kappa shape index (κ2) is 5.67. The fraction of sp³-hybridized carbons (Fsp3) is 0.231. The van der Waals surface area contributed by atoms with Crippen molar-refractivity contribution in [2.75, 3.05) is 5.73 Å². The van der Waals surface area contributed by atoms with Crippen LogP contribution in [0.25, 0.3) is 0 Å². The van der Waals surface area contributed by atoms with Gasteiger partial charge in [0.25, 0.3) is 0 Å². The molecule has 0 spiro atoms. The Morgan fingerprint density at radius 1 is 1.29 bits per heavy atom. The number of rotatable bonds is 4. The summed E-state index contributed by atoms with van der Waals surface area (Å²) in [6.45, 7) is 2.98. The Kier molecular flexibility index (Phi) is 4.20. The lowest BCUT2D eigenvalue weighted by molar-refractivity contribution is 0.579. The third-order valence-electron chi connectivity index (χ3n) is 2.72. The number of benzene rings is 1. The van der Waals surface area contributed by atoms with Gasteiger partial charge in [0.2, 0.25) is 0 Å². The molecule has 0 saturated carbocycles. The molecule has 17 heavy (non-hydrogen) atoms. The Hall–Kier alpha value is -0.840. The highest BCUT2D eigenvalue weighted by atomic mass is 79.9. The van der Waals surface area contributed by atoms with Crippen LogP contribution in [0.1, 0.15) is 23.4 Å². The molecule has 0 aliphatic heterocycles. The van der Waals surface area contributed by atoms with Gasteiger partial charge in [-0.2, -0.15) is 0 Å². The fourth-order valence-corrected chi connectivity index (χ4v) is 2.62. The zero-order chi connectivity index (χ0) is 12.3. The SMILES string of the molecule is C[C@@H](NCc1sccc1N)c1ccc(Br)cc1. The Morgan fingerprint density at radius 2 is 2.00 bits per heavy atom. The van der Waals surface area contributed by atoms with Crippen LogP contribution < -0.4 is 11.1 Å². The first-order chi connectivity index (χ1) is 8.16. The smallest absolute Gasteiger partial charge is 0.0468 e. The number of nitrogen functional groups attached to an aromatic ring is 1. The monoisotopic (exact) mass is 310 g/mol. The van der Waals surface area contributed by atoms with Crippen molar-refractivity contribution in [1.82, 2.24) is 5.32 Å². The van der Waals surface area contributed by atoms with Crippen molar-refractivity contribution in [3.63, 3.8) is 0 Å². The minimum Gasteiger partial charge on any atom is -0.398 e. The molecular weight excluding hydrogens is 296 g/mol. The number of hydrogen-bond donors (Lipinski definition) is 2. The molecule has 0 aliphatic carbocycles. The van der Waals surface area contributed by atoms with E-state index in [0.717, 1.165) is 16.7 Å². The topological polar surface area (TPSA) is 38.0 Å². The van der Waals surface area contributed by atoms with E-state index in [2.05, 4.69) is 52.4 Å². The maximum absolute atomic E-state index is 5.85. The molecule has 0 unspecified atom stereocenters. The van der Waals surface area contributed by atoms with Gasteiger partial charge in [-0.1, -0.05) is 28.1 Å². The first-order valence-electron chi connectivity index (χ1n) is 5.47. The van der Waals surface area contributed by atoms with Gasteiger partial charge in [0.05, 0.1) is 0 Å². The van der Waals surface area contributed by atoms with Gasteiger partial charge in [-0.3, -0.25) is 0 Å². The number of nitrogens with one attached hydrogen (secondary N) is 1. The maximum Gasteiger partial charge on any atom is 0.0468 e. The molecule has 1 aromatic heterocycles. The summed E-state index contributed by atoms with van der Waals surface area (Å²) in [4.78, 5) is 1.20. The summed E-state index contributed by atoms with van der Waals surface area (Å²) in [6, 6.07) is 10.6. The molecule has 90 valence electrons. The summed E-state index contributed by atoms with van der Waals surface area (Å²) in [7, 11) is 0. The first-order valence-corrected chi connectivity index (χ1v) is 7.15. The molecule has 3 N–H and O–H groups in total. The van der Waals surface area contributed by atoms with E-state index in [1.165, 1.54) is 10.4 Å². The lowest BCUT2D eigenvalue weighted by Gasteiger charge is -2.14. The van der Waals surface area contributed by atoms with Crippen LogP contribution in [0, 0.1) is 0 Å². The number of halogens is 1. The predicted octanol–water partition coefficient (Wildman–Crippen LogP) is 3.94. The van der Waals surface area contributed by atoms with Crippen LogP contribution in [0.4, 0.5) is 5.69 Å². The van der Waals surface area contributed by atoms with Crippen LogP contribution in [0.15, 0.2) is 40.2 Å². The van der Waals surface area contributed by atoms with E-state index < -0.39 is 0 Å². The van der Waals surface area contributed by atoms with Gasteiger partial charge in [0.15, 0.2) is 0 Å². The highest BCUT2D eigenvalue weighted by molar-refractivity contribution is 9.10. The van der Waals surface area contributed by atoms with Crippen molar-refractivity contribution < 1.29 is 0 Å². The largest absolute Gasteiger partial charge is 0.398 e. The molecule has 0 saturated heterocycles. The van der Waals surface area contributed by atoms with Gasteiger partial charge >= 0.3 is 0 Å². The van der Waals surface area contributed by atoms with Crippen molar-refractivity contribution in [1.29, 1.82) is 0 Å². The number of thiophene rings is 1. The summed E-state index contributed by atoms with van der Waals surface area (Å²) in [5.74, 6) is 0. The van der Waals surface area contributed by atoms with Crippen LogP contribution in [-0.2, 0) is 6.54 Å². The Balaban J connectivity index is 1.95. The molecule has 4 heteroatoms. The second-order valence-corrected chi connectivity index (χ2v) is 5.87. The summed E-state index contributed by atoms with van der Waals surface area (Å²) in [5, 5.41) is 5.50. The van der Waals surface area contributed by atoms with E-state index in [-0.39, 0.29) is 0 Å². The van der Waals surface area contributed by atoms with Crippen molar-refractivity contribution in [3.05, 3.63) is 50.6 Å². The first kappa shape index (κ1) is 12.6. The summed E-state index contributed by atoms with van der Waals surface area (Å²) >= 11 is 5.13. The quantitative estimate of drug-likeness (QED) is 0.897. The van der Waals surface area contributed by atoms with Crippen LogP contribution >= 0.6 is 27.3 Å². The zero-order valence-corrected chi connectivity index (χ0v) is 12.0. The lowest BCUT2D eigenvalue weighted by atomic mass is 10.1. The van der Waals surface area contributed by atoms with Crippen molar-refractivity contribution in [2.45, 2.75) is 19.5 Å². The van der Waals surface area contributed by atoms with Gasteiger partial charge in [-0.05, 0) is 36.1 Å². The maximum atomic E-state index is 5.85. The molecule has 1 aromatic carbocycles. The molecule has 0 amide bonds. The summed E-state index contributed by atoms with van der Waals surface area (Å²) < 4.78 is 1.11. The highest BCUT2D eigenvalue weighted by Gasteiger charge is 2.06. The van der Waals surface area contributed by atoms with Gasteiger partial charge in [-0.15, -0.1) is 11.3 Å². The Bertz CT molecular complexity index is 478. The van der Waals surface area contributed by atoms with E-state index in [0.29, 0.717) is 6.04 Å². The van der Waals surface area contributed by atoms with Gasteiger partial charge in [0, 0.05) is 27.6 Å². The van der Waals surface area contributed by atoms with E-state index in [1.807, 2.05) is 11.4 Å². The van der Waals surface area contributed by atoms with Gasteiger partial charge in [0.1, 0.15) is 0 Å². The minimum atomic E-state index is 0.324. The Morgan fingerprint density at radius 3 is 2.59 bits per heavy atom. The normalized spacial score (nSPS) is 12.6. The molecule has 1 atom stereocenters. The minimum absolute atomic E-state index is 0.324. The van der Waals surface area contributed by atoms with Crippen LogP contribution in [0.3, 0.4) is 0 Å². The predicted molar refractivity (Wildman–Crippen MR) is 78.1 cm³/mol. The van der Waals surface area contributed by atoms with Gasteiger partial charge in [-0.25, -0.2) is 0 Å². The molecule has 2 nitrogen and oxygen atoms in total. The standard InChI is InChI=1S/C13H15BrN2S/c1-9(10-2-4-11(14)5-3-10)16-8-13-12(15)6-7-17-13/h2-7,9,16H,8,15H2,1H3/t9-/m1/s1. The average molecular weight is 311 g/mol. The molecule has 0 aliphatic rings. The molecule has 1 heterocycles. The zero-order valence-electron chi connectivity index (χ0n) is 9.61. The molecule has 0 radical (unpaired) electrons. The lowest BCUT2D eigenvalue weighted by Crippen LogP contribution is -2.17. The van der Waals surface area contributed by atoms with E-state index in [1.54, 1.807) is 11.3 Å². The van der Waals surface area contributed by atoms with E-state index in [4.69, 9.17) is 5.73 Å². The van der Waals surface area contributed by atoms with Crippen LogP contribution in [0.2, 0.25) is 0 Å². The third-order valence-corrected chi connectivity index (χ3v) is 4.18.